The first-order chi connectivity index (χ1) is 9.63. The van der Waals surface area contributed by atoms with Gasteiger partial charge >= 0.3 is 0 Å². The highest BCUT2D eigenvalue weighted by Gasteiger charge is 2.11. The van der Waals surface area contributed by atoms with Crippen LogP contribution < -0.4 is 0 Å². The molecule has 3 nitrogen and oxygen atoms in total. The van der Waals surface area contributed by atoms with Crippen molar-refractivity contribution in [1.82, 2.24) is 10.2 Å². The molecule has 0 unspecified atom stereocenters. The SMILES string of the molecule is Cc1cc(-c2nnc(-c3ccc(Br)cc3)o2)ccc1Br. The molecule has 100 valence electrons. The monoisotopic (exact) mass is 392 g/mol. The van der Waals surface area contributed by atoms with E-state index in [2.05, 4.69) is 42.1 Å². The Morgan fingerprint density at radius 2 is 1.45 bits per heavy atom. The molecule has 5 heteroatoms. The fourth-order valence-corrected chi connectivity index (χ4v) is 2.34. The quantitative estimate of drug-likeness (QED) is 0.597. The van der Waals surface area contributed by atoms with Gasteiger partial charge in [-0.3, -0.25) is 0 Å². The predicted molar refractivity (Wildman–Crippen MR) is 85.3 cm³/mol. The summed E-state index contributed by atoms with van der Waals surface area (Å²) in [5.74, 6) is 1.05. The third-order valence-corrected chi connectivity index (χ3v) is 4.34. The van der Waals surface area contributed by atoms with Crippen LogP contribution in [-0.2, 0) is 0 Å². The van der Waals surface area contributed by atoms with E-state index in [9.17, 15) is 0 Å². The fraction of sp³-hybridized carbons (Fsp3) is 0.0667. The van der Waals surface area contributed by atoms with Crippen molar-refractivity contribution in [2.24, 2.45) is 0 Å². The Labute approximate surface area is 133 Å². The molecule has 2 aromatic carbocycles. The molecular formula is C15H10Br2N2O. The number of hydrogen-bond acceptors (Lipinski definition) is 3. The van der Waals surface area contributed by atoms with Crippen LogP contribution in [0.5, 0.6) is 0 Å². The second-order valence-corrected chi connectivity index (χ2v) is 6.15. The summed E-state index contributed by atoms with van der Waals surface area (Å²) in [5, 5.41) is 8.21. The molecule has 0 radical (unpaired) electrons. The summed E-state index contributed by atoms with van der Waals surface area (Å²) in [6, 6.07) is 13.7. The minimum Gasteiger partial charge on any atom is -0.416 e. The highest BCUT2D eigenvalue weighted by atomic mass is 79.9. The molecule has 3 rings (SSSR count). The van der Waals surface area contributed by atoms with Crippen LogP contribution in [0.4, 0.5) is 0 Å². The number of halogens is 2. The first-order valence-corrected chi connectivity index (χ1v) is 7.58. The van der Waals surface area contributed by atoms with Crippen molar-refractivity contribution in [1.29, 1.82) is 0 Å². The largest absolute Gasteiger partial charge is 0.416 e. The minimum atomic E-state index is 0.521. The summed E-state index contributed by atoms with van der Waals surface area (Å²) < 4.78 is 7.82. The van der Waals surface area contributed by atoms with Crippen molar-refractivity contribution >= 4 is 31.9 Å². The van der Waals surface area contributed by atoms with Crippen LogP contribution in [0, 0.1) is 6.92 Å². The van der Waals surface area contributed by atoms with Crippen molar-refractivity contribution in [2.75, 3.05) is 0 Å². The van der Waals surface area contributed by atoms with E-state index in [0.29, 0.717) is 11.8 Å². The topological polar surface area (TPSA) is 38.9 Å². The Morgan fingerprint density at radius 3 is 2.10 bits per heavy atom. The third-order valence-electron chi connectivity index (χ3n) is 2.92. The lowest BCUT2D eigenvalue weighted by atomic mass is 10.1. The second kappa shape index (κ2) is 5.50. The van der Waals surface area contributed by atoms with Gasteiger partial charge in [0.2, 0.25) is 11.8 Å². The van der Waals surface area contributed by atoms with Gasteiger partial charge in [-0.2, -0.15) is 0 Å². The lowest BCUT2D eigenvalue weighted by Crippen LogP contribution is -1.81. The van der Waals surface area contributed by atoms with Gasteiger partial charge in [0.15, 0.2) is 0 Å². The summed E-state index contributed by atoms with van der Waals surface area (Å²) in [4.78, 5) is 0. The van der Waals surface area contributed by atoms with E-state index in [1.54, 1.807) is 0 Å². The van der Waals surface area contributed by atoms with E-state index in [4.69, 9.17) is 4.42 Å². The maximum absolute atomic E-state index is 5.74. The maximum atomic E-state index is 5.74. The van der Waals surface area contributed by atoms with Gasteiger partial charge in [0.1, 0.15) is 0 Å². The second-order valence-electron chi connectivity index (χ2n) is 4.38. The molecule has 0 N–H and O–H groups in total. The first-order valence-electron chi connectivity index (χ1n) is 5.99. The lowest BCUT2D eigenvalue weighted by Gasteiger charge is -1.99. The van der Waals surface area contributed by atoms with Gasteiger partial charge in [0.05, 0.1) is 0 Å². The number of rotatable bonds is 2. The van der Waals surface area contributed by atoms with Gasteiger partial charge in [0.25, 0.3) is 0 Å². The minimum absolute atomic E-state index is 0.521. The average molecular weight is 394 g/mol. The van der Waals surface area contributed by atoms with Crippen LogP contribution in [0.1, 0.15) is 5.56 Å². The molecule has 0 aliphatic heterocycles. The van der Waals surface area contributed by atoms with Crippen molar-refractivity contribution in [2.45, 2.75) is 6.92 Å². The van der Waals surface area contributed by atoms with Gasteiger partial charge < -0.3 is 4.42 Å². The summed E-state index contributed by atoms with van der Waals surface area (Å²) in [6.45, 7) is 2.03. The molecule has 0 fully saturated rings. The standard InChI is InChI=1S/C15H10Br2N2O/c1-9-8-11(4-7-13(9)17)15-19-18-14(20-15)10-2-5-12(16)6-3-10/h2-8H,1H3. The van der Waals surface area contributed by atoms with Gasteiger partial charge in [-0.1, -0.05) is 31.9 Å². The van der Waals surface area contributed by atoms with Crippen molar-refractivity contribution in [3.05, 3.63) is 57.0 Å². The van der Waals surface area contributed by atoms with Crippen LogP contribution in [-0.4, -0.2) is 10.2 Å². The van der Waals surface area contributed by atoms with Crippen molar-refractivity contribution in [3.63, 3.8) is 0 Å². The summed E-state index contributed by atoms with van der Waals surface area (Å²) in [5.41, 5.74) is 2.95. The van der Waals surface area contributed by atoms with E-state index >= 15 is 0 Å². The van der Waals surface area contributed by atoms with E-state index in [1.807, 2.05) is 49.4 Å². The van der Waals surface area contributed by atoms with Crippen LogP contribution in [0.25, 0.3) is 22.9 Å². The molecule has 0 spiro atoms. The van der Waals surface area contributed by atoms with Crippen LogP contribution in [0.3, 0.4) is 0 Å². The zero-order valence-electron chi connectivity index (χ0n) is 10.6. The number of benzene rings is 2. The van der Waals surface area contributed by atoms with Gasteiger partial charge in [-0.25, -0.2) is 0 Å². The molecule has 0 saturated carbocycles. The smallest absolute Gasteiger partial charge is 0.248 e. The molecular weight excluding hydrogens is 384 g/mol. The van der Waals surface area contributed by atoms with E-state index in [1.165, 1.54) is 0 Å². The Balaban J connectivity index is 1.97. The van der Waals surface area contributed by atoms with Crippen LogP contribution in [0.2, 0.25) is 0 Å². The van der Waals surface area contributed by atoms with E-state index in [0.717, 1.165) is 25.6 Å². The Morgan fingerprint density at radius 1 is 0.850 bits per heavy atom. The fourth-order valence-electron chi connectivity index (χ4n) is 1.83. The van der Waals surface area contributed by atoms with Gasteiger partial charge in [0, 0.05) is 20.1 Å². The number of nitrogens with zero attached hydrogens (tertiary/aromatic N) is 2. The molecule has 3 aromatic rings. The molecule has 0 amide bonds. The number of hydrogen-bond donors (Lipinski definition) is 0. The zero-order chi connectivity index (χ0) is 14.1. The number of aromatic nitrogens is 2. The summed E-state index contributed by atoms with van der Waals surface area (Å²) >= 11 is 6.88. The Hall–Kier alpha value is -1.46. The van der Waals surface area contributed by atoms with E-state index in [-0.39, 0.29) is 0 Å². The predicted octanol–water partition coefficient (Wildman–Crippen LogP) is 5.24. The summed E-state index contributed by atoms with van der Waals surface area (Å²) in [7, 11) is 0. The zero-order valence-corrected chi connectivity index (χ0v) is 13.8. The Kier molecular flexibility index (Phi) is 3.72. The van der Waals surface area contributed by atoms with Crippen molar-refractivity contribution in [3.8, 4) is 22.9 Å². The molecule has 1 aromatic heterocycles. The lowest BCUT2D eigenvalue weighted by molar-refractivity contribution is 0.584. The van der Waals surface area contributed by atoms with Crippen molar-refractivity contribution < 1.29 is 4.42 Å². The Bertz CT molecular complexity index is 751. The summed E-state index contributed by atoms with van der Waals surface area (Å²) in [6.07, 6.45) is 0. The van der Waals surface area contributed by atoms with Crippen LogP contribution >= 0.6 is 31.9 Å². The molecule has 0 saturated heterocycles. The van der Waals surface area contributed by atoms with E-state index < -0.39 is 0 Å². The van der Waals surface area contributed by atoms with Gasteiger partial charge in [-0.05, 0) is 55.0 Å². The average Bonchev–Trinajstić information content (AvgIpc) is 2.92. The molecule has 0 aliphatic rings. The first kappa shape index (κ1) is 13.5. The van der Waals surface area contributed by atoms with Gasteiger partial charge in [-0.15, -0.1) is 10.2 Å². The molecule has 20 heavy (non-hydrogen) atoms. The molecule has 0 bridgehead atoms. The molecule has 0 aliphatic carbocycles. The molecule has 1 heterocycles. The maximum Gasteiger partial charge on any atom is 0.248 e. The van der Waals surface area contributed by atoms with Crippen LogP contribution in [0.15, 0.2) is 55.8 Å². The highest BCUT2D eigenvalue weighted by Crippen LogP contribution is 2.27. The molecule has 0 atom stereocenters. The third kappa shape index (κ3) is 2.69. The normalized spacial score (nSPS) is 10.8. The number of aryl methyl sites for hydroxylation is 1. The highest BCUT2D eigenvalue weighted by molar-refractivity contribution is 9.10.